The summed E-state index contributed by atoms with van der Waals surface area (Å²) in [5, 5.41) is 0. The van der Waals surface area contributed by atoms with E-state index in [1.165, 1.54) is 28.3 Å². The maximum absolute atomic E-state index is 11.6. The first-order valence-electron chi connectivity index (χ1n) is 11.3. The summed E-state index contributed by atoms with van der Waals surface area (Å²) < 4.78 is 11.2. The lowest BCUT2D eigenvalue weighted by molar-refractivity contribution is -0.137. The van der Waals surface area contributed by atoms with Gasteiger partial charge in [-0.05, 0) is 66.9 Å². The highest BCUT2D eigenvalue weighted by molar-refractivity contribution is 5.83. The zero-order chi connectivity index (χ0) is 22.7. The minimum Gasteiger partial charge on any atom is -0.493 e. The monoisotopic (exact) mass is 412 g/mol. The Morgan fingerprint density at radius 3 is 2.30 bits per heavy atom. The lowest BCUT2D eigenvalue weighted by Crippen LogP contribution is -2.06. The van der Waals surface area contributed by atoms with Gasteiger partial charge >= 0.3 is 5.97 Å². The molecule has 0 aliphatic carbocycles. The van der Waals surface area contributed by atoms with Gasteiger partial charge in [0.2, 0.25) is 0 Å². The third-order valence-electron chi connectivity index (χ3n) is 4.89. The number of rotatable bonds is 11. The van der Waals surface area contributed by atoms with Gasteiger partial charge in [0.05, 0.1) is 13.2 Å². The Labute approximate surface area is 183 Å². The molecule has 0 heterocycles. The summed E-state index contributed by atoms with van der Waals surface area (Å²) in [6.07, 6.45) is 9.47. The fourth-order valence-corrected chi connectivity index (χ4v) is 3.17. The maximum Gasteiger partial charge on any atom is 0.330 e. The molecule has 3 nitrogen and oxygen atoms in total. The average molecular weight is 413 g/mol. The average Bonchev–Trinajstić information content (AvgIpc) is 2.69. The van der Waals surface area contributed by atoms with E-state index in [1.807, 2.05) is 26.0 Å². The molecule has 1 aromatic carbocycles. The van der Waals surface area contributed by atoms with Gasteiger partial charge in [-0.1, -0.05) is 65.8 Å². The molecule has 0 bridgehead atoms. The second kappa shape index (κ2) is 13.1. The zero-order valence-electron chi connectivity index (χ0n) is 20.2. The fraction of sp³-hybridized carbons (Fsp3) is 0.519. The van der Waals surface area contributed by atoms with E-state index in [0.717, 1.165) is 24.2 Å². The van der Waals surface area contributed by atoms with Crippen LogP contribution in [0.25, 0.3) is 5.57 Å². The minimum atomic E-state index is -0.305. The molecule has 0 saturated heterocycles. The van der Waals surface area contributed by atoms with Crippen LogP contribution in [0.3, 0.4) is 0 Å². The summed E-state index contributed by atoms with van der Waals surface area (Å²) in [4.78, 5) is 11.6. The van der Waals surface area contributed by atoms with E-state index < -0.39 is 0 Å². The second-order valence-electron chi connectivity index (χ2n) is 8.19. The first-order chi connectivity index (χ1) is 14.2. The Bertz CT molecular complexity index is 780. The predicted molar refractivity (Wildman–Crippen MR) is 128 cm³/mol. The highest BCUT2D eigenvalue weighted by Gasteiger charge is 2.18. The molecule has 0 saturated carbocycles. The third kappa shape index (κ3) is 7.85. The number of allylic oxidation sites excluding steroid dienone is 5. The molecule has 30 heavy (non-hydrogen) atoms. The maximum atomic E-state index is 11.6. The molecule has 0 aliphatic rings. The van der Waals surface area contributed by atoms with Crippen molar-refractivity contribution in [3.8, 4) is 5.75 Å². The predicted octanol–water partition coefficient (Wildman–Crippen LogP) is 7.58. The zero-order valence-corrected chi connectivity index (χ0v) is 20.2. The van der Waals surface area contributed by atoms with Gasteiger partial charge in [-0.2, -0.15) is 0 Å². The summed E-state index contributed by atoms with van der Waals surface area (Å²) in [6, 6.07) is 4.59. The largest absolute Gasteiger partial charge is 0.493 e. The molecule has 0 aromatic heterocycles. The molecule has 0 radical (unpaired) electrons. The smallest absolute Gasteiger partial charge is 0.330 e. The number of ether oxygens (including phenoxy) is 2. The molecular formula is C27H40O3. The Morgan fingerprint density at radius 1 is 1.07 bits per heavy atom. The Kier molecular flexibility index (Phi) is 11.2. The lowest BCUT2D eigenvalue weighted by atomic mass is 9.88. The van der Waals surface area contributed by atoms with Crippen molar-refractivity contribution in [1.82, 2.24) is 0 Å². The molecule has 0 aliphatic heterocycles. The number of hydrogen-bond acceptors (Lipinski definition) is 3. The molecular weight excluding hydrogens is 372 g/mol. The number of hydrogen-bond donors (Lipinski definition) is 0. The van der Waals surface area contributed by atoms with Crippen LogP contribution < -0.4 is 4.74 Å². The molecule has 1 aromatic rings. The molecule has 1 rings (SSSR count). The third-order valence-corrected chi connectivity index (χ3v) is 4.89. The highest BCUT2D eigenvalue weighted by Crippen LogP contribution is 2.38. The van der Waals surface area contributed by atoms with Gasteiger partial charge in [-0.15, -0.1) is 0 Å². The number of carbonyl (C=O) groups excluding carboxylic acids is 1. The Balaban J connectivity index is 3.42. The van der Waals surface area contributed by atoms with Crippen LogP contribution in [-0.4, -0.2) is 19.2 Å². The summed E-state index contributed by atoms with van der Waals surface area (Å²) in [7, 11) is 0. The first-order valence-corrected chi connectivity index (χ1v) is 11.3. The van der Waals surface area contributed by atoms with E-state index in [4.69, 9.17) is 9.47 Å². The normalized spacial score (nSPS) is 12.9. The van der Waals surface area contributed by atoms with E-state index in [1.54, 1.807) is 0 Å². The van der Waals surface area contributed by atoms with Crippen molar-refractivity contribution >= 4 is 11.5 Å². The molecule has 3 heteroatoms. The van der Waals surface area contributed by atoms with Gasteiger partial charge in [0.1, 0.15) is 5.75 Å². The van der Waals surface area contributed by atoms with Gasteiger partial charge < -0.3 is 9.47 Å². The quantitative estimate of drug-likeness (QED) is 0.213. The van der Waals surface area contributed by atoms with Gasteiger partial charge in [-0.3, -0.25) is 0 Å². The molecule has 0 N–H and O–H groups in total. The second-order valence-corrected chi connectivity index (χ2v) is 8.19. The van der Waals surface area contributed by atoms with Crippen LogP contribution in [0.5, 0.6) is 5.75 Å². The summed E-state index contributed by atoms with van der Waals surface area (Å²) in [5.41, 5.74) is 5.87. The van der Waals surface area contributed by atoms with E-state index in [9.17, 15) is 4.79 Å². The van der Waals surface area contributed by atoms with Crippen molar-refractivity contribution in [3.05, 3.63) is 58.7 Å². The molecule has 0 atom stereocenters. The first kappa shape index (κ1) is 25.7. The number of esters is 1. The molecule has 0 fully saturated rings. The fourth-order valence-electron chi connectivity index (χ4n) is 3.17. The molecule has 0 amide bonds. The topological polar surface area (TPSA) is 35.5 Å². The van der Waals surface area contributed by atoms with E-state index in [0.29, 0.717) is 25.0 Å². The van der Waals surface area contributed by atoms with E-state index in [2.05, 4.69) is 59.8 Å². The van der Waals surface area contributed by atoms with Crippen LogP contribution in [0, 0.1) is 0 Å². The highest BCUT2D eigenvalue weighted by atomic mass is 16.5. The Morgan fingerprint density at radius 2 is 1.77 bits per heavy atom. The van der Waals surface area contributed by atoms with Gasteiger partial charge in [0, 0.05) is 11.6 Å². The number of carbonyl (C=O) groups is 1. The van der Waals surface area contributed by atoms with Gasteiger partial charge in [0.15, 0.2) is 0 Å². The van der Waals surface area contributed by atoms with Crippen molar-refractivity contribution in [2.75, 3.05) is 13.2 Å². The van der Waals surface area contributed by atoms with Crippen molar-refractivity contribution in [1.29, 1.82) is 0 Å². The van der Waals surface area contributed by atoms with Gasteiger partial charge in [0.25, 0.3) is 0 Å². The van der Waals surface area contributed by atoms with Crippen LogP contribution in [0.1, 0.15) is 96.8 Å². The standard InChI is InChI=1S/C27H40O3/c1-9-15-30-27-24(20(6)7)17-23(19(4)5)18-25(27)22(10-2)14-12-13-21(8)16-26(28)29-11-3/h12-14,16-20H,9-11,15H2,1-8H3/b13-12+,21-16+,22-14-. The Hall–Kier alpha value is -2.29. The van der Waals surface area contributed by atoms with Crippen LogP contribution in [0.2, 0.25) is 0 Å². The molecule has 0 unspecified atom stereocenters. The minimum absolute atomic E-state index is 0.305. The van der Waals surface area contributed by atoms with Crippen LogP contribution in [0.15, 0.2) is 42.0 Å². The van der Waals surface area contributed by atoms with Crippen LogP contribution in [-0.2, 0) is 9.53 Å². The van der Waals surface area contributed by atoms with Crippen LogP contribution in [0.4, 0.5) is 0 Å². The SMILES string of the molecule is CCCOc1c(\C(=C/C=C/C(C)=C/C(=O)OCC)CC)cc(C(C)C)cc1C(C)C. The van der Waals surface area contributed by atoms with Crippen molar-refractivity contribution < 1.29 is 14.3 Å². The van der Waals surface area contributed by atoms with Crippen LogP contribution >= 0.6 is 0 Å². The van der Waals surface area contributed by atoms with E-state index >= 15 is 0 Å². The lowest BCUT2D eigenvalue weighted by Gasteiger charge is -2.22. The van der Waals surface area contributed by atoms with E-state index in [-0.39, 0.29) is 5.97 Å². The summed E-state index contributed by atoms with van der Waals surface area (Å²) >= 11 is 0. The van der Waals surface area contributed by atoms with Crippen molar-refractivity contribution in [2.45, 2.75) is 80.1 Å². The summed E-state index contributed by atoms with van der Waals surface area (Å²) in [6.45, 7) is 18.0. The number of benzene rings is 1. The molecule has 0 spiro atoms. The molecule has 166 valence electrons. The van der Waals surface area contributed by atoms with Crippen molar-refractivity contribution in [3.63, 3.8) is 0 Å². The summed E-state index contributed by atoms with van der Waals surface area (Å²) in [5.74, 6) is 1.54. The van der Waals surface area contributed by atoms with Gasteiger partial charge in [-0.25, -0.2) is 4.79 Å². The van der Waals surface area contributed by atoms with Crippen molar-refractivity contribution in [2.24, 2.45) is 0 Å².